The van der Waals surface area contributed by atoms with Gasteiger partial charge in [0.05, 0.1) is 0 Å². The van der Waals surface area contributed by atoms with E-state index in [1.54, 1.807) is 6.07 Å². The smallest absolute Gasteiger partial charge is 0.318 e. The summed E-state index contributed by atoms with van der Waals surface area (Å²) in [5.41, 5.74) is 1.91. The van der Waals surface area contributed by atoms with Gasteiger partial charge in [-0.2, -0.15) is 0 Å². The lowest BCUT2D eigenvalue weighted by Crippen LogP contribution is -2.62. The lowest BCUT2D eigenvalue weighted by molar-refractivity contribution is -0.201. The number of hydrogen-bond donors (Lipinski definition) is 4. The molecule has 7 heteroatoms. The molecule has 0 spiro atoms. The number of fused-ring (bicyclic) bond motifs is 4. The third-order valence-corrected chi connectivity index (χ3v) is 6.86. The van der Waals surface area contributed by atoms with Gasteiger partial charge in [0.15, 0.2) is 0 Å². The van der Waals surface area contributed by atoms with Crippen LogP contribution in [-0.2, 0) is 18.4 Å². The van der Waals surface area contributed by atoms with Crippen LogP contribution < -0.4 is 9.47 Å². The zero-order valence-electron chi connectivity index (χ0n) is 22.1. The number of aromatic hydroxyl groups is 3. The average molecular weight is 507 g/mol. The summed E-state index contributed by atoms with van der Waals surface area (Å²) < 4.78 is 12.4. The van der Waals surface area contributed by atoms with E-state index in [1.165, 1.54) is 12.1 Å². The van der Waals surface area contributed by atoms with E-state index in [1.807, 2.05) is 59.8 Å². The number of phenolic OH excluding ortho intramolecular Hbond substituents is 3. The zero-order valence-corrected chi connectivity index (χ0v) is 22.1. The topological polar surface area (TPSA) is 116 Å². The summed E-state index contributed by atoms with van der Waals surface area (Å²) in [6.07, 6.45) is 6.11. The van der Waals surface area contributed by atoms with Gasteiger partial charge in [-0.3, -0.25) is 4.79 Å². The molecule has 0 fully saturated rings. The van der Waals surface area contributed by atoms with E-state index in [0.717, 1.165) is 16.7 Å². The third kappa shape index (κ3) is 4.17. The van der Waals surface area contributed by atoms with E-state index in [2.05, 4.69) is 0 Å². The number of allylic oxidation sites excluding steroid dienone is 5. The van der Waals surface area contributed by atoms with E-state index in [-0.39, 0.29) is 47.0 Å². The predicted octanol–water partition coefficient (Wildman–Crippen LogP) is 5.73. The Morgan fingerprint density at radius 2 is 1.43 bits per heavy atom. The van der Waals surface area contributed by atoms with Crippen LogP contribution in [0.1, 0.15) is 75.0 Å². The number of carbonyl (C=O) groups excluding carboxylic acids is 1. The minimum atomic E-state index is -2.52. The van der Waals surface area contributed by atoms with Crippen molar-refractivity contribution >= 4 is 5.78 Å². The number of hydrogen-bond acceptors (Lipinski definition) is 7. The first kappa shape index (κ1) is 26.4. The fourth-order valence-corrected chi connectivity index (χ4v) is 4.80. The molecule has 2 aromatic rings. The Hall–Kier alpha value is -3.71. The van der Waals surface area contributed by atoms with Crippen molar-refractivity contribution in [2.75, 3.05) is 0 Å². The van der Waals surface area contributed by atoms with Gasteiger partial charge < -0.3 is 29.9 Å². The van der Waals surface area contributed by atoms with Crippen LogP contribution in [0.4, 0.5) is 0 Å². The molecule has 0 saturated carbocycles. The summed E-state index contributed by atoms with van der Waals surface area (Å²) in [6.45, 7) is 11.4. The van der Waals surface area contributed by atoms with Crippen LogP contribution in [0.25, 0.3) is 0 Å². The van der Waals surface area contributed by atoms with Gasteiger partial charge in [0.1, 0.15) is 34.3 Å². The summed E-state index contributed by atoms with van der Waals surface area (Å²) in [6, 6.07) is 4.37. The molecule has 2 aliphatic heterocycles. The number of ether oxygens (including phenoxy) is 2. The molecule has 7 nitrogen and oxygen atoms in total. The third-order valence-electron chi connectivity index (χ3n) is 6.86. The Bertz CT molecular complexity index is 1370. The molecule has 2 atom stereocenters. The van der Waals surface area contributed by atoms with Crippen molar-refractivity contribution in [3.63, 3.8) is 0 Å². The maximum absolute atomic E-state index is 14.0. The largest absolute Gasteiger partial charge is 0.508 e. The molecule has 0 saturated heterocycles. The van der Waals surface area contributed by atoms with Crippen molar-refractivity contribution in [2.45, 2.75) is 72.2 Å². The van der Waals surface area contributed by atoms with Gasteiger partial charge in [0, 0.05) is 29.2 Å². The van der Waals surface area contributed by atoms with Crippen molar-refractivity contribution < 1.29 is 34.7 Å². The number of benzene rings is 2. The van der Waals surface area contributed by atoms with Gasteiger partial charge in [-0.15, -0.1) is 0 Å². The average Bonchev–Trinajstić information content (AvgIpc) is 3.05. The SMILES string of the molecule is CC(C)=CCc1c(O)cc2c(c1O)C(=O)[C@@]1(O)Oc3c(ccc(O)c3CC=C(C)C)[C@@]1(CC=C(C)C)O2. The number of rotatable bonds is 6. The Kier molecular flexibility index (Phi) is 6.63. The van der Waals surface area contributed by atoms with E-state index in [4.69, 9.17) is 9.47 Å². The second-order valence-corrected chi connectivity index (χ2v) is 10.5. The minimum absolute atomic E-state index is 0.0367. The molecule has 196 valence electrons. The molecular weight excluding hydrogens is 472 g/mol. The molecule has 0 aliphatic carbocycles. The molecule has 37 heavy (non-hydrogen) atoms. The Labute approximate surface area is 217 Å². The number of carbonyl (C=O) groups is 1. The molecule has 4 rings (SSSR count). The lowest BCUT2D eigenvalue weighted by Gasteiger charge is -2.43. The maximum atomic E-state index is 14.0. The molecule has 0 bridgehead atoms. The maximum Gasteiger partial charge on any atom is 0.318 e. The normalized spacial score (nSPS) is 21.1. The quantitative estimate of drug-likeness (QED) is 0.370. The second kappa shape index (κ2) is 9.30. The van der Waals surface area contributed by atoms with Crippen LogP contribution in [0.2, 0.25) is 0 Å². The van der Waals surface area contributed by atoms with Crippen molar-refractivity contribution in [2.24, 2.45) is 0 Å². The molecule has 2 heterocycles. The molecular formula is C30H34O7. The fourth-order valence-electron chi connectivity index (χ4n) is 4.80. The molecule has 2 aliphatic rings. The first-order chi connectivity index (χ1) is 17.3. The van der Waals surface area contributed by atoms with E-state index in [9.17, 15) is 25.2 Å². The molecule has 2 aromatic carbocycles. The summed E-state index contributed by atoms with van der Waals surface area (Å²) in [5.74, 6) is -4.02. The van der Waals surface area contributed by atoms with Crippen LogP contribution in [0.5, 0.6) is 28.7 Å². The molecule has 0 aromatic heterocycles. The number of ketones is 1. The van der Waals surface area contributed by atoms with Crippen molar-refractivity contribution in [3.05, 3.63) is 75.4 Å². The Morgan fingerprint density at radius 3 is 2.03 bits per heavy atom. The van der Waals surface area contributed by atoms with Crippen molar-refractivity contribution in [3.8, 4) is 28.7 Å². The van der Waals surface area contributed by atoms with E-state index < -0.39 is 22.9 Å². The van der Waals surface area contributed by atoms with Crippen LogP contribution >= 0.6 is 0 Å². The highest BCUT2D eigenvalue weighted by Crippen LogP contribution is 2.59. The van der Waals surface area contributed by atoms with Gasteiger partial charge >= 0.3 is 5.79 Å². The second-order valence-electron chi connectivity index (χ2n) is 10.5. The summed E-state index contributed by atoms with van der Waals surface area (Å²) in [7, 11) is 0. The van der Waals surface area contributed by atoms with Gasteiger partial charge in [-0.1, -0.05) is 34.9 Å². The fraction of sp³-hybridized carbons (Fsp3) is 0.367. The van der Waals surface area contributed by atoms with Crippen LogP contribution in [0, 0.1) is 0 Å². The van der Waals surface area contributed by atoms with Crippen molar-refractivity contribution in [1.82, 2.24) is 0 Å². The number of phenols is 3. The van der Waals surface area contributed by atoms with Gasteiger partial charge in [-0.05, 0) is 66.5 Å². The van der Waals surface area contributed by atoms with Crippen LogP contribution in [0.15, 0.2) is 53.1 Å². The summed E-state index contributed by atoms with van der Waals surface area (Å²) in [5, 5.41) is 44.5. The lowest BCUT2D eigenvalue weighted by atomic mass is 9.76. The summed E-state index contributed by atoms with van der Waals surface area (Å²) in [4.78, 5) is 14.0. The van der Waals surface area contributed by atoms with Crippen molar-refractivity contribution in [1.29, 1.82) is 0 Å². The Morgan fingerprint density at radius 1 is 0.838 bits per heavy atom. The molecule has 0 amide bonds. The van der Waals surface area contributed by atoms with Gasteiger partial charge in [-0.25, -0.2) is 0 Å². The van der Waals surface area contributed by atoms with E-state index >= 15 is 0 Å². The first-order valence-corrected chi connectivity index (χ1v) is 12.3. The minimum Gasteiger partial charge on any atom is -0.508 e. The number of aliphatic hydroxyl groups is 1. The van der Waals surface area contributed by atoms with Crippen LogP contribution in [-0.4, -0.2) is 32.0 Å². The van der Waals surface area contributed by atoms with Gasteiger partial charge in [0.25, 0.3) is 0 Å². The highest BCUT2D eigenvalue weighted by molar-refractivity contribution is 6.09. The van der Waals surface area contributed by atoms with E-state index in [0.29, 0.717) is 17.5 Å². The first-order valence-electron chi connectivity index (χ1n) is 12.3. The monoisotopic (exact) mass is 506 g/mol. The molecule has 0 radical (unpaired) electrons. The highest BCUT2D eigenvalue weighted by Gasteiger charge is 2.70. The molecule has 0 unspecified atom stereocenters. The van der Waals surface area contributed by atoms with Crippen LogP contribution in [0.3, 0.4) is 0 Å². The standard InChI is InChI=1S/C30H34O7/c1-16(2)7-9-19-23(32)15-24-25(26(19)33)28(34)30(35)29(36-24,14-13-18(5)6)21-11-12-22(31)20(27(21)37-30)10-8-17(3)4/h7-8,11-13,15,31-33,35H,9-10,14H2,1-6H3/t29-,30-/m1/s1. The number of Topliss-reactive ketones (excluding diaryl/α,β-unsaturated/α-hetero) is 1. The zero-order chi connectivity index (χ0) is 27.3. The summed E-state index contributed by atoms with van der Waals surface area (Å²) >= 11 is 0. The van der Waals surface area contributed by atoms with Gasteiger partial charge in [0.2, 0.25) is 11.4 Å². The molecule has 4 N–H and O–H groups in total. The predicted molar refractivity (Wildman–Crippen MR) is 140 cm³/mol. The Balaban J connectivity index is 1.97. The highest BCUT2D eigenvalue weighted by atomic mass is 16.7.